The number of carbonyl (C=O) groups excluding carboxylic acids is 2. The molecule has 37 heavy (non-hydrogen) atoms. The maximum absolute atomic E-state index is 12.9. The van der Waals surface area contributed by atoms with Gasteiger partial charge in [-0.2, -0.15) is 4.31 Å². The number of carbonyl (C=O) groups is 2. The van der Waals surface area contributed by atoms with Crippen LogP contribution in [0.25, 0.3) is 5.69 Å². The third kappa shape index (κ3) is 6.65. The molecule has 4 rings (SSSR count). The minimum atomic E-state index is -3.54. The number of ketones is 1. The Balaban J connectivity index is 1.47. The maximum atomic E-state index is 12.9. The molecule has 0 aliphatic carbocycles. The molecule has 1 aromatic heterocycles. The van der Waals surface area contributed by atoms with Gasteiger partial charge in [0.2, 0.25) is 15.9 Å². The third-order valence-electron chi connectivity index (χ3n) is 6.18. The van der Waals surface area contributed by atoms with Gasteiger partial charge < -0.3 is 5.32 Å². The summed E-state index contributed by atoms with van der Waals surface area (Å²) in [7, 11) is -3.54. The topological polar surface area (TPSA) is 114 Å². The number of thioether (sulfide) groups is 1. The lowest BCUT2D eigenvalue weighted by molar-refractivity contribution is -0.118. The number of aromatic nitrogens is 3. The predicted molar refractivity (Wildman–Crippen MR) is 143 cm³/mol. The van der Waals surface area contributed by atoms with Gasteiger partial charge in [-0.05, 0) is 44.0 Å². The molecule has 0 atom stereocenters. The second kappa shape index (κ2) is 12.0. The monoisotopic (exact) mass is 541 g/mol. The summed E-state index contributed by atoms with van der Waals surface area (Å²) >= 11 is 1.27. The van der Waals surface area contributed by atoms with Crippen LogP contribution >= 0.6 is 11.8 Å². The fraction of sp³-hybridized carbons (Fsp3) is 0.385. The van der Waals surface area contributed by atoms with Crippen molar-refractivity contribution in [2.75, 3.05) is 25.4 Å². The van der Waals surface area contributed by atoms with Crippen LogP contribution in [0.1, 0.15) is 47.9 Å². The summed E-state index contributed by atoms with van der Waals surface area (Å²) in [5, 5.41) is 11.9. The van der Waals surface area contributed by atoms with Crippen LogP contribution in [-0.2, 0) is 21.2 Å². The first-order valence-electron chi connectivity index (χ1n) is 12.3. The highest BCUT2D eigenvalue weighted by molar-refractivity contribution is 7.99. The molecule has 1 aliphatic heterocycles. The molecule has 11 heteroatoms. The molecule has 196 valence electrons. The zero-order valence-electron chi connectivity index (χ0n) is 21.0. The summed E-state index contributed by atoms with van der Waals surface area (Å²) in [6.45, 7) is 4.97. The van der Waals surface area contributed by atoms with Crippen molar-refractivity contribution in [1.82, 2.24) is 24.4 Å². The standard InChI is InChI=1S/C26H31N5O4S2/c1-19-6-10-22(11-7-19)31-25(14-15-27-20(2)32)28-29-26(31)36-18-24(33)21-8-12-23(13-9-21)37(34,35)30-16-4-3-5-17-30/h6-13H,3-5,14-18H2,1-2H3,(H,27,32). The van der Waals surface area contributed by atoms with Crippen molar-refractivity contribution in [2.24, 2.45) is 0 Å². The summed E-state index contributed by atoms with van der Waals surface area (Å²) < 4.78 is 29.2. The predicted octanol–water partition coefficient (Wildman–Crippen LogP) is 3.40. The van der Waals surface area contributed by atoms with Crippen molar-refractivity contribution >= 4 is 33.5 Å². The lowest BCUT2D eigenvalue weighted by Gasteiger charge is -2.25. The van der Waals surface area contributed by atoms with Crippen molar-refractivity contribution in [3.8, 4) is 5.69 Å². The molecule has 1 saturated heterocycles. The number of piperidine rings is 1. The minimum Gasteiger partial charge on any atom is -0.356 e. The van der Waals surface area contributed by atoms with Crippen LogP contribution in [0, 0.1) is 6.92 Å². The number of rotatable bonds is 10. The van der Waals surface area contributed by atoms with Crippen molar-refractivity contribution in [3.63, 3.8) is 0 Å². The highest BCUT2D eigenvalue weighted by Crippen LogP contribution is 2.25. The maximum Gasteiger partial charge on any atom is 0.243 e. The van der Waals surface area contributed by atoms with Crippen LogP contribution in [0.3, 0.4) is 0 Å². The van der Waals surface area contributed by atoms with Crippen LogP contribution in [0.5, 0.6) is 0 Å². The number of amides is 1. The zero-order valence-corrected chi connectivity index (χ0v) is 22.6. The Kier molecular flexibility index (Phi) is 8.78. The molecule has 9 nitrogen and oxygen atoms in total. The van der Waals surface area contributed by atoms with E-state index in [1.807, 2.05) is 35.8 Å². The fourth-order valence-electron chi connectivity index (χ4n) is 4.14. The summed E-state index contributed by atoms with van der Waals surface area (Å²) in [5.74, 6) is 0.551. The van der Waals surface area contributed by atoms with Gasteiger partial charge >= 0.3 is 0 Å². The van der Waals surface area contributed by atoms with Gasteiger partial charge in [-0.3, -0.25) is 14.2 Å². The molecule has 2 aromatic carbocycles. The largest absolute Gasteiger partial charge is 0.356 e. The number of aryl methyl sites for hydroxylation is 1. The Morgan fingerprint density at radius 2 is 1.65 bits per heavy atom. The number of Topliss-reactive ketones (excluding diaryl/α,β-unsaturated/α-hetero) is 1. The number of sulfonamides is 1. The van der Waals surface area contributed by atoms with E-state index in [0.29, 0.717) is 42.6 Å². The Bertz CT molecular complexity index is 1350. The van der Waals surface area contributed by atoms with Crippen LogP contribution in [0.15, 0.2) is 58.6 Å². The van der Waals surface area contributed by atoms with E-state index < -0.39 is 10.0 Å². The molecule has 1 N–H and O–H groups in total. The minimum absolute atomic E-state index is 0.114. The Labute approximate surface area is 221 Å². The first-order chi connectivity index (χ1) is 17.8. The molecular formula is C26H31N5O4S2. The van der Waals surface area contributed by atoms with E-state index in [1.54, 1.807) is 12.1 Å². The van der Waals surface area contributed by atoms with Crippen LogP contribution < -0.4 is 5.32 Å². The van der Waals surface area contributed by atoms with Gasteiger partial charge in [-0.15, -0.1) is 10.2 Å². The van der Waals surface area contributed by atoms with E-state index in [9.17, 15) is 18.0 Å². The van der Waals surface area contributed by atoms with Crippen molar-refractivity contribution < 1.29 is 18.0 Å². The highest BCUT2D eigenvalue weighted by atomic mass is 32.2. The average molecular weight is 542 g/mol. The summed E-state index contributed by atoms with van der Waals surface area (Å²) in [6, 6.07) is 14.1. The molecule has 1 amide bonds. The van der Waals surface area contributed by atoms with Crippen LogP contribution in [-0.4, -0.2) is 64.6 Å². The SMILES string of the molecule is CC(=O)NCCc1nnc(SCC(=O)c2ccc(S(=O)(=O)N3CCCCC3)cc2)n1-c1ccc(C)cc1. The second-order valence-corrected chi connectivity index (χ2v) is 11.9. The quantitative estimate of drug-likeness (QED) is 0.309. The lowest BCUT2D eigenvalue weighted by atomic mass is 10.1. The van der Waals surface area contributed by atoms with Crippen LogP contribution in [0.2, 0.25) is 0 Å². The van der Waals surface area contributed by atoms with Gasteiger partial charge in [0, 0.05) is 44.2 Å². The fourth-order valence-corrected chi connectivity index (χ4v) is 6.52. The summed E-state index contributed by atoms with van der Waals surface area (Å²) in [5.41, 5.74) is 2.43. The summed E-state index contributed by atoms with van der Waals surface area (Å²) in [6.07, 6.45) is 3.28. The molecule has 0 unspecified atom stereocenters. The Morgan fingerprint density at radius 1 is 0.973 bits per heavy atom. The molecule has 0 radical (unpaired) electrons. The smallest absolute Gasteiger partial charge is 0.243 e. The van der Waals surface area contributed by atoms with Gasteiger partial charge in [-0.1, -0.05) is 48.0 Å². The first kappa shape index (κ1) is 27.0. The number of hydrogen-bond acceptors (Lipinski definition) is 7. The Morgan fingerprint density at radius 3 is 2.30 bits per heavy atom. The van der Waals surface area contributed by atoms with E-state index in [2.05, 4.69) is 15.5 Å². The molecule has 1 fully saturated rings. The van der Waals surface area contributed by atoms with Crippen molar-refractivity contribution in [3.05, 3.63) is 65.5 Å². The lowest BCUT2D eigenvalue weighted by Crippen LogP contribution is -2.35. The van der Waals surface area contributed by atoms with Gasteiger partial charge in [-0.25, -0.2) is 8.42 Å². The number of hydrogen-bond donors (Lipinski definition) is 1. The van der Waals surface area contributed by atoms with Crippen molar-refractivity contribution in [1.29, 1.82) is 0 Å². The molecule has 2 heterocycles. The van der Waals surface area contributed by atoms with E-state index in [0.717, 1.165) is 30.5 Å². The number of nitrogens with one attached hydrogen (secondary N) is 1. The first-order valence-corrected chi connectivity index (χ1v) is 14.7. The molecule has 3 aromatic rings. The second-order valence-electron chi connectivity index (χ2n) is 9.00. The normalized spacial score (nSPS) is 14.4. The van der Waals surface area contributed by atoms with Gasteiger partial charge in [0.15, 0.2) is 10.9 Å². The van der Waals surface area contributed by atoms with E-state index in [-0.39, 0.29) is 22.3 Å². The summed E-state index contributed by atoms with van der Waals surface area (Å²) in [4.78, 5) is 24.4. The van der Waals surface area contributed by atoms with E-state index in [1.165, 1.54) is 35.1 Å². The Hall–Kier alpha value is -3.02. The van der Waals surface area contributed by atoms with Crippen molar-refractivity contribution in [2.45, 2.75) is 49.6 Å². The average Bonchev–Trinajstić information content (AvgIpc) is 3.30. The molecular weight excluding hydrogens is 510 g/mol. The molecule has 0 spiro atoms. The van der Waals surface area contributed by atoms with Gasteiger partial charge in [0.1, 0.15) is 5.82 Å². The zero-order chi connectivity index (χ0) is 26.4. The third-order valence-corrected chi connectivity index (χ3v) is 9.02. The van der Waals surface area contributed by atoms with E-state index >= 15 is 0 Å². The van der Waals surface area contributed by atoms with Crippen LogP contribution in [0.4, 0.5) is 0 Å². The van der Waals surface area contributed by atoms with Gasteiger partial charge in [0.25, 0.3) is 0 Å². The van der Waals surface area contributed by atoms with Gasteiger partial charge in [0.05, 0.1) is 10.6 Å². The highest BCUT2D eigenvalue weighted by Gasteiger charge is 2.26. The molecule has 0 saturated carbocycles. The molecule has 0 bridgehead atoms. The number of nitrogens with zero attached hydrogens (tertiary/aromatic N) is 4. The number of benzene rings is 2. The van der Waals surface area contributed by atoms with E-state index in [4.69, 9.17) is 0 Å². The molecule has 1 aliphatic rings.